The number of hydrogen-bond acceptors (Lipinski definition) is 4. The molecule has 2 rings (SSSR count). The van der Waals surface area contributed by atoms with E-state index in [4.69, 9.17) is 18.9 Å². The SMILES string of the molecule is CCC1O[C@@H](OC)C(C)C(C)[C@@H]1O[C@@H]1OC(CC)[C@@H](C)[C@H](C)C1C. The van der Waals surface area contributed by atoms with Crippen LogP contribution in [-0.2, 0) is 18.9 Å². The Labute approximate surface area is 148 Å². The molecule has 0 spiro atoms. The maximum atomic E-state index is 6.57. The Morgan fingerprint density at radius 1 is 0.667 bits per heavy atom. The van der Waals surface area contributed by atoms with E-state index < -0.39 is 0 Å². The molecule has 2 heterocycles. The van der Waals surface area contributed by atoms with Gasteiger partial charge in [-0.2, -0.15) is 0 Å². The number of ether oxygens (including phenoxy) is 4. The molecule has 0 radical (unpaired) electrons. The summed E-state index contributed by atoms with van der Waals surface area (Å²) in [6.45, 7) is 15.7. The molecule has 2 saturated heterocycles. The molecule has 0 aromatic carbocycles. The van der Waals surface area contributed by atoms with Gasteiger partial charge in [-0.05, 0) is 30.6 Å². The van der Waals surface area contributed by atoms with Crippen molar-refractivity contribution in [2.24, 2.45) is 29.6 Å². The first kappa shape index (κ1) is 20.2. The quantitative estimate of drug-likeness (QED) is 0.739. The van der Waals surface area contributed by atoms with Crippen LogP contribution >= 0.6 is 0 Å². The maximum absolute atomic E-state index is 6.57. The van der Waals surface area contributed by atoms with Crippen molar-refractivity contribution in [3.8, 4) is 0 Å². The molecular weight excluding hydrogens is 304 g/mol. The molecule has 0 aliphatic carbocycles. The topological polar surface area (TPSA) is 36.9 Å². The highest BCUT2D eigenvalue weighted by Crippen LogP contribution is 2.40. The lowest BCUT2D eigenvalue weighted by Crippen LogP contribution is -2.54. The highest BCUT2D eigenvalue weighted by atomic mass is 16.7. The third-order valence-electron chi connectivity index (χ3n) is 6.76. The zero-order valence-corrected chi connectivity index (χ0v) is 16.8. The van der Waals surface area contributed by atoms with E-state index in [0.717, 1.165) is 12.8 Å². The van der Waals surface area contributed by atoms with Gasteiger partial charge in [-0.15, -0.1) is 0 Å². The van der Waals surface area contributed by atoms with E-state index in [1.54, 1.807) is 7.11 Å². The second kappa shape index (κ2) is 8.48. The molecule has 10 atom stereocenters. The third-order valence-corrected chi connectivity index (χ3v) is 6.76. The van der Waals surface area contributed by atoms with Crippen molar-refractivity contribution in [2.75, 3.05) is 7.11 Å². The van der Waals surface area contributed by atoms with Gasteiger partial charge in [0.05, 0.1) is 18.3 Å². The van der Waals surface area contributed by atoms with Gasteiger partial charge in [0.1, 0.15) is 0 Å². The van der Waals surface area contributed by atoms with Crippen LogP contribution in [0.25, 0.3) is 0 Å². The molecule has 24 heavy (non-hydrogen) atoms. The summed E-state index contributed by atoms with van der Waals surface area (Å²) >= 11 is 0. The van der Waals surface area contributed by atoms with Crippen LogP contribution in [0.2, 0.25) is 0 Å². The zero-order valence-electron chi connectivity index (χ0n) is 16.8. The first-order valence-corrected chi connectivity index (χ1v) is 9.84. The van der Waals surface area contributed by atoms with Gasteiger partial charge in [0, 0.05) is 18.9 Å². The molecule has 0 N–H and O–H groups in total. The molecule has 5 unspecified atom stereocenters. The first-order chi connectivity index (χ1) is 11.3. The van der Waals surface area contributed by atoms with Gasteiger partial charge in [-0.3, -0.25) is 0 Å². The summed E-state index contributed by atoms with van der Waals surface area (Å²) in [5.41, 5.74) is 0. The predicted molar refractivity (Wildman–Crippen MR) is 95.6 cm³/mol. The summed E-state index contributed by atoms with van der Waals surface area (Å²) in [5, 5.41) is 0. The smallest absolute Gasteiger partial charge is 0.161 e. The van der Waals surface area contributed by atoms with Crippen LogP contribution in [0.1, 0.15) is 61.3 Å². The van der Waals surface area contributed by atoms with Crippen LogP contribution in [0.15, 0.2) is 0 Å². The molecule has 0 aromatic rings. The van der Waals surface area contributed by atoms with E-state index in [1.165, 1.54) is 0 Å². The average molecular weight is 343 g/mol. The van der Waals surface area contributed by atoms with E-state index in [2.05, 4.69) is 48.5 Å². The van der Waals surface area contributed by atoms with Crippen LogP contribution in [0.3, 0.4) is 0 Å². The minimum absolute atomic E-state index is 0.0574. The molecule has 4 heteroatoms. The lowest BCUT2D eigenvalue weighted by Gasteiger charge is -2.48. The molecular formula is C20H38O4. The Morgan fingerprint density at radius 3 is 1.75 bits per heavy atom. The van der Waals surface area contributed by atoms with Crippen LogP contribution in [-0.4, -0.2) is 38.0 Å². The molecule has 0 amide bonds. The molecule has 0 aromatic heterocycles. The number of methoxy groups -OCH3 is 1. The summed E-state index contributed by atoms with van der Waals surface area (Å²) in [7, 11) is 1.73. The lowest BCUT2D eigenvalue weighted by molar-refractivity contribution is -0.320. The van der Waals surface area contributed by atoms with Gasteiger partial charge in [0.15, 0.2) is 12.6 Å². The fraction of sp³-hybridized carbons (Fsp3) is 1.00. The molecule has 142 valence electrons. The Morgan fingerprint density at radius 2 is 1.21 bits per heavy atom. The van der Waals surface area contributed by atoms with E-state index in [9.17, 15) is 0 Å². The van der Waals surface area contributed by atoms with E-state index in [0.29, 0.717) is 29.6 Å². The van der Waals surface area contributed by atoms with Gasteiger partial charge in [-0.1, -0.05) is 48.5 Å². The first-order valence-electron chi connectivity index (χ1n) is 9.84. The van der Waals surface area contributed by atoms with Crippen molar-refractivity contribution < 1.29 is 18.9 Å². The fourth-order valence-corrected chi connectivity index (χ4v) is 4.33. The van der Waals surface area contributed by atoms with Crippen molar-refractivity contribution in [2.45, 2.75) is 92.2 Å². The maximum Gasteiger partial charge on any atom is 0.161 e. The second-order valence-electron chi connectivity index (χ2n) is 8.03. The van der Waals surface area contributed by atoms with Gasteiger partial charge < -0.3 is 18.9 Å². The van der Waals surface area contributed by atoms with Crippen molar-refractivity contribution >= 4 is 0 Å². The van der Waals surface area contributed by atoms with Crippen molar-refractivity contribution in [3.05, 3.63) is 0 Å². The highest BCUT2D eigenvalue weighted by Gasteiger charge is 2.46. The van der Waals surface area contributed by atoms with E-state index in [-0.39, 0.29) is 30.9 Å². The standard InChI is InChI=1S/C20H38O4/c1-9-16-12(4)11(3)14(6)20(22-16)24-18-13(5)15(7)19(21-8)23-17(18)10-2/h11-20H,9-10H2,1-8H3/t11-,12-,13?,14?,15?,16?,17?,18-,19+,20-/m0/s1. The van der Waals surface area contributed by atoms with Crippen molar-refractivity contribution in [1.29, 1.82) is 0 Å². The predicted octanol–water partition coefficient (Wildman–Crippen LogP) is 4.47. The third kappa shape index (κ3) is 3.82. The molecule has 2 aliphatic rings. The minimum atomic E-state index is -0.142. The second-order valence-corrected chi connectivity index (χ2v) is 8.03. The molecule has 2 aliphatic heterocycles. The molecule has 2 fully saturated rings. The van der Waals surface area contributed by atoms with Crippen LogP contribution in [0.4, 0.5) is 0 Å². The Kier molecular flexibility index (Phi) is 7.12. The summed E-state index contributed by atoms with van der Waals surface area (Å²) in [6, 6.07) is 0. The van der Waals surface area contributed by atoms with Crippen LogP contribution in [0.5, 0.6) is 0 Å². The number of hydrogen-bond donors (Lipinski definition) is 0. The summed E-state index contributed by atoms with van der Waals surface area (Å²) < 4.78 is 24.6. The summed E-state index contributed by atoms with van der Waals surface area (Å²) in [4.78, 5) is 0. The normalized spacial score (nSPS) is 50.0. The summed E-state index contributed by atoms with van der Waals surface area (Å²) in [5.74, 6) is 2.24. The fourth-order valence-electron chi connectivity index (χ4n) is 4.33. The Bertz CT molecular complexity index is 384. The Balaban J connectivity index is 2.12. The summed E-state index contributed by atoms with van der Waals surface area (Å²) in [6.07, 6.45) is 2.08. The molecule has 0 bridgehead atoms. The van der Waals surface area contributed by atoms with E-state index in [1.807, 2.05) is 0 Å². The van der Waals surface area contributed by atoms with Gasteiger partial charge in [-0.25, -0.2) is 0 Å². The van der Waals surface area contributed by atoms with Crippen LogP contribution < -0.4 is 0 Å². The van der Waals surface area contributed by atoms with Gasteiger partial charge in [0.25, 0.3) is 0 Å². The largest absolute Gasteiger partial charge is 0.356 e. The molecule has 4 nitrogen and oxygen atoms in total. The van der Waals surface area contributed by atoms with Crippen molar-refractivity contribution in [1.82, 2.24) is 0 Å². The van der Waals surface area contributed by atoms with Gasteiger partial charge in [0.2, 0.25) is 0 Å². The minimum Gasteiger partial charge on any atom is -0.356 e. The van der Waals surface area contributed by atoms with Crippen molar-refractivity contribution in [3.63, 3.8) is 0 Å². The lowest BCUT2D eigenvalue weighted by atomic mass is 9.78. The molecule has 0 saturated carbocycles. The van der Waals surface area contributed by atoms with Crippen LogP contribution in [0, 0.1) is 29.6 Å². The average Bonchev–Trinajstić information content (AvgIpc) is 2.59. The number of rotatable bonds is 5. The monoisotopic (exact) mass is 342 g/mol. The highest BCUT2D eigenvalue weighted by molar-refractivity contribution is 4.88. The van der Waals surface area contributed by atoms with E-state index >= 15 is 0 Å². The zero-order chi connectivity index (χ0) is 18.0. The van der Waals surface area contributed by atoms with Gasteiger partial charge >= 0.3 is 0 Å². The Hall–Kier alpha value is -0.160.